The summed E-state index contributed by atoms with van der Waals surface area (Å²) in [5.74, 6) is 0.278. The number of carbonyl (C=O) groups is 3. The lowest BCUT2D eigenvalue weighted by atomic mass is 9.87. The number of unbranched alkanes of at least 4 members (excludes halogenated alkanes) is 2. The zero-order valence-corrected chi connectivity index (χ0v) is 42.1. The van der Waals surface area contributed by atoms with Gasteiger partial charge in [0.2, 0.25) is 5.91 Å². The number of nitrogens with one attached hydrogen (secondary N) is 3. The summed E-state index contributed by atoms with van der Waals surface area (Å²) in [6, 6.07) is 38.6. The van der Waals surface area contributed by atoms with Gasteiger partial charge in [-0.1, -0.05) is 175 Å². The first kappa shape index (κ1) is 53.1. The SMILES string of the molecule is CC(C)c1nc(CN(C)C(=O)N[C@H](C(=O)N[C@@H](Cc2ccccc2)C[C@H](O)[C@H](Cc2ccccc2)NC(=O)OCc2cncs2)C(C)C)cs1.CCCCCC(c1ccccc1)c1ccccc1. The monoisotopic (exact) mass is 958 g/mol. The number of hydrogen-bond donors (Lipinski definition) is 4. The van der Waals surface area contributed by atoms with Gasteiger partial charge >= 0.3 is 12.1 Å². The number of amides is 4. The summed E-state index contributed by atoms with van der Waals surface area (Å²) < 4.78 is 5.42. The zero-order chi connectivity index (χ0) is 48.7. The molecule has 11 nitrogen and oxygen atoms in total. The smallest absolute Gasteiger partial charge is 0.407 e. The van der Waals surface area contributed by atoms with E-state index in [2.05, 4.69) is 107 Å². The third-order valence-corrected chi connectivity index (χ3v) is 13.6. The average molecular weight is 959 g/mol. The Bertz CT molecular complexity index is 2290. The third kappa shape index (κ3) is 18.0. The van der Waals surface area contributed by atoms with Gasteiger partial charge < -0.3 is 30.7 Å². The summed E-state index contributed by atoms with van der Waals surface area (Å²) in [6.07, 6.45) is 6.02. The molecule has 0 aliphatic carbocycles. The molecular formula is C55H70N6O5S2. The summed E-state index contributed by atoms with van der Waals surface area (Å²) in [4.78, 5) is 51.0. The Morgan fingerprint density at radius 1 is 0.750 bits per heavy atom. The molecule has 4 aromatic carbocycles. The molecule has 2 heterocycles. The predicted molar refractivity (Wildman–Crippen MR) is 276 cm³/mol. The van der Waals surface area contributed by atoms with E-state index in [0.29, 0.717) is 31.2 Å². The minimum absolute atomic E-state index is 0.0671. The number of aromatic nitrogens is 2. The summed E-state index contributed by atoms with van der Waals surface area (Å²) >= 11 is 2.95. The molecule has 13 heteroatoms. The lowest BCUT2D eigenvalue weighted by Crippen LogP contribution is -2.55. The summed E-state index contributed by atoms with van der Waals surface area (Å²) in [5.41, 5.74) is 7.24. The zero-order valence-electron chi connectivity index (χ0n) is 40.4. The second-order valence-electron chi connectivity index (χ2n) is 17.9. The van der Waals surface area contributed by atoms with Crippen molar-refractivity contribution in [1.82, 2.24) is 30.8 Å². The van der Waals surface area contributed by atoms with Crippen molar-refractivity contribution < 1.29 is 24.2 Å². The van der Waals surface area contributed by atoms with E-state index in [4.69, 9.17) is 4.74 Å². The molecule has 0 saturated carbocycles. The van der Waals surface area contributed by atoms with Crippen LogP contribution in [0, 0.1) is 5.92 Å². The number of thiazole rings is 2. The van der Waals surface area contributed by atoms with Crippen LogP contribution in [0.5, 0.6) is 0 Å². The molecule has 0 spiro atoms. The molecule has 0 saturated heterocycles. The number of aliphatic hydroxyl groups excluding tert-OH is 1. The highest BCUT2D eigenvalue weighted by molar-refractivity contribution is 7.09. The maximum Gasteiger partial charge on any atom is 0.407 e. The molecule has 0 aliphatic heterocycles. The van der Waals surface area contributed by atoms with Gasteiger partial charge in [-0.25, -0.2) is 14.6 Å². The van der Waals surface area contributed by atoms with Crippen molar-refractivity contribution in [2.24, 2.45) is 5.92 Å². The van der Waals surface area contributed by atoms with Crippen molar-refractivity contribution in [2.75, 3.05) is 7.05 Å². The molecule has 4 amide bonds. The molecule has 0 fully saturated rings. The van der Waals surface area contributed by atoms with Gasteiger partial charge in [0.1, 0.15) is 12.6 Å². The number of benzene rings is 4. The second kappa shape index (κ2) is 28.4. The molecule has 0 radical (unpaired) electrons. The number of nitrogens with zero attached hydrogens (tertiary/aromatic N) is 3. The van der Waals surface area contributed by atoms with Crippen LogP contribution in [0.2, 0.25) is 0 Å². The Balaban J connectivity index is 0.000000399. The highest BCUT2D eigenvalue weighted by atomic mass is 32.1. The van der Waals surface area contributed by atoms with Gasteiger partial charge in [0.25, 0.3) is 0 Å². The van der Waals surface area contributed by atoms with Gasteiger partial charge in [0, 0.05) is 36.5 Å². The molecule has 2 aromatic heterocycles. The number of alkyl carbamates (subject to hydrolysis) is 1. The average Bonchev–Trinajstić information content (AvgIpc) is 4.06. The first-order chi connectivity index (χ1) is 32.9. The molecule has 0 unspecified atom stereocenters. The number of hydrogen-bond acceptors (Lipinski definition) is 9. The van der Waals surface area contributed by atoms with Crippen LogP contribution < -0.4 is 16.0 Å². The second-order valence-corrected chi connectivity index (χ2v) is 19.8. The first-order valence-electron chi connectivity index (χ1n) is 23.8. The molecule has 0 aliphatic rings. The van der Waals surface area contributed by atoms with Gasteiger partial charge in [-0.15, -0.1) is 22.7 Å². The van der Waals surface area contributed by atoms with E-state index in [1.807, 2.05) is 79.9 Å². The first-order valence-corrected chi connectivity index (χ1v) is 25.6. The van der Waals surface area contributed by atoms with Crippen LogP contribution in [-0.2, 0) is 35.5 Å². The van der Waals surface area contributed by atoms with Gasteiger partial charge in [-0.3, -0.25) is 9.78 Å². The maximum atomic E-state index is 13.9. The minimum Gasteiger partial charge on any atom is -0.444 e. The van der Waals surface area contributed by atoms with E-state index in [0.717, 1.165) is 26.7 Å². The summed E-state index contributed by atoms with van der Waals surface area (Å²) in [7, 11) is 1.68. The van der Waals surface area contributed by atoms with E-state index in [1.165, 1.54) is 53.0 Å². The van der Waals surface area contributed by atoms with E-state index in [9.17, 15) is 19.5 Å². The van der Waals surface area contributed by atoms with Gasteiger partial charge in [-0.05, 0) is 53.9 Å². The number of carbonyl (C=O) groups excluding carboxylic acids is 3. The van der Waals surface area contributed by atoms with Crippen LogP contribution in [-0.4, -0.2) is 69.3 Å². The van der Waals surface area contributed by atoms with Crippen LogP contribution in [0.1, 0.15) is 116 Å². The highest BCUT2D eigenvalue weighted by Crippen LogP contribution is 2.30. The van der Waals surface area contributed by atoms with Crippen molar-refractivity contribution in [3.05, 3.63) is 176 Å². The number of aliphatic hydroxyl groups is 1. The Morgan fingerprint density at radius 3 is 1.87 bits per heavy atom. The largest absolute Gasteiger partial charge is 0.444 e. The van der Waals surface area contributed by atoms with E-state index in [-0.39, 0.29) is 30.9 Å². The van der Waals surface area contributed by atoms with Gasteiger partial charge in [0.15, 0.2) is 0 Å². The standard InChI is InChI=1S/C37H48N6O5S2.C18H22/c1-24(2)33(42-36(46)43(5)20-29-22-49-35(40-29)25(3)4)34(45)39-28(16-26-12-8-6-9-13-26)18-32(44)31(17-27-14-10-7-11-15-27)41-37(47)48-21-30-19-38-23-50-30;1-2-3-6-15-18(16-11-7-4-8-12-16)17-13-9-5-10-14-17/h6-15,19,22-25,28,31-33,44H,16-18,20-21H2,1-5H3,(H,39,45)(H,41,47)(H,42,46);4-5,7-14,18H,2-3,6,15H2,1H3/t28-,31-,32-,33-;/m0./s1. The van der Waals surface area contributed by atoms with Gasteiger partial charge in [0.05, 0.1) is 39.8 Å². The van der Waals surface area contributed by atoms with Crippen molar-refractivity contribution in [3.8, 4) is 0 Å². The van der Waals surface area contributed by atoms with Crippen molar-refractivity contribution in [2.45, 2.75) is 129 Å². The van der Waals surface area contributed by atoms with Crippen LogP contribution in [0.3, 0.4) is 0 Å². The van der Waals surface area contributed by atoms with Crippen LogP contribution in [0.15, 0.2) is 138 Å². The number of ether oxygens (including phenoxy) is 1. The van der Waals surface area contributed by atoms with Crippen LogP contribution in [0.4, 0.5) is 9.59 Å². The van der Waals surface area contributed by atoms with Crippen LogP contribution in [0.25, 0.3) is 0 Å². The lowest BCUT2D eigenvalue weighted by Gasteiger charge is -2.30. The summed E-state index contributed by atoms with van der Waals surface area (Å²) in [5, 5.41) is 23.5. The molecule has 0 bridgehead atoms. The highest BCUT2D eigenvalue weighted by Gasteiger charge is 2.31. The Labute approximate surface area is 411 Å². The fraction of sp³-hybridized carbons (Fsp3) is 0.400. The Morgan fingerprint density at radius 2 is 1.34 bits per heavy atom. The lowest BCUT2D eigenvalue weighted by molar-refractivity contribution is -0.124. The number of urea groups is 1. The van der Waals surface area contributed by atoms with E-state index < -0.39 is 30.3 Å². The normalized spacial score (nSPS) is 12.9. The molecule has 68 heavy (non-hydrogen) atoms. The topological polar surface area (TPSA) is 146 Å². The summed E-state index contributed by atoms with van der Waals surface area (Å²) in [6.45, 7) is 10.5. The molecule has 4 atom stereocenters. The van der Waals surface area contributed by atoms with Crippen molar-refractivity contribution in [3.63, 3.8) is 0 Å². The van der Waals surface area contributed by atoms with E-state index in [1.54, 1.807) is 30.1 Å². The molecule has 362 valence electrons. The molecule has 6 aromatic rings. The third-order valence-electron chi connectivity index (χ3n) is 11.6. The predicted octanol–water partition coefficient (Wildman–Crippen LogP) is 11.3. The van der Waals surface area contributed by atoms with Crippen molar-refractivity contribution in [1.29, 1.82) is 0 Å². The Kier molecular flexibility index (Phi) is 22.2. The Hall–Kier alpha value is -5.89. The quantitative estimate of drug-likeness (QED) is 0.0468. The van der Waals surface area contributed by atoms with Crippen molar-refractivity contribution >= 4 is 40.7 Å². The fourth-order valence-electron chi connectivity index (χ4n) is 7.88. The fourth-order valence-corrected chi connectivity index (χ4v) is 9.21. The van der Waals surface area contributed by atoms with Gasteiger partial charge in [-0.2, -0.15) is 0 Å². The van der Waals surface area contributed by atoms with Crippen LogP contribution >= 0.6 is 22.7 Å². The molecular weight excluding hydrogens is 889 g/mol. The molecule has 6 rings (SSSR count). The van der Waals surface area contributed by atoms with E-state index >= 15 is 0 Å². The molecule has 4 N–H and O–H groups in total. The number of rotatable bonds is 23. The maximum absolute atomic E-state index is 13.9. The minimum atomic E-state index is -1.05.